The summed E-state index contributed by atoms with van der Waals surface area (Å²) >= 11 is 0. The van der Waals surface area contributed by atoms with Crippen LogP contribution < -0.4 is 11.1 Å². The van der Waals surface area contributed by atoms with Gasteiger partial charge in [0.2, 0.25) is 0 Å². The Morgan fingerprint density at radius 1 is 1.61 bits per heavy atom. The topological polar surface area (TPSA) is 77.2 Å². The van der Waals surface area contributed by atoms with Crippen LogP contribution in [0, 0.1) is 5.92 Å². The van der Waals surface area contributed by atoms with Crippen molar-refractivity contribution >= 4 is 11.6 Å². The molecule has 5 heteroatoms. The Balaban J connectivity index is 2.10. The highest BCUT2D eigenvalue weighted by Crippen LogP contribution is 2.21. The molecular formula is C13H19N3O2. The molecule has 2 heterocycles. The fourth-order valence-corrected chi connectivity index (χ4v) is 2.17. The van der Waals surface area contributed by atoms with E-state index in [-0.39, 0.29) is 17.7 Å². The number of anilines is 1. The van der Waals surface area contributed by atoms with Gasteiger partial charge in [0.1, 0.15) is 5.82 Å². The van der Waals surface area contributed by atoms with Crippen LogP contribution in [0.5, 0.6) is 0 Å². The summed E-state index contributed by atoms with van der Waals surface area (Å²) in [6.07, 6.45) is 2.62. The zero-order valence-corrected chi connectivity index (χ0v) is 10.6. The summed E-state index contributed by atoms with van der Waals surface area (Å²) in [6, 6.07) is 3.53. The van der Waals surface area contributed by atoms with Crippen LogP contribution in [-0.4, -0.2) is 36.6 Å². The van der Waals surface area contributed by atoms with Gasteiger partial charge in [-0.05, 0) is 25.1 Å². The molecule has 2 atom stereocenters. The maximum atomic E-state index is 12.4. The van der Waals surface area contributed by atoms with E-state index in [1.807, 2.05) is 0 Å². The minimum Gasteiger partial charge on any atom is -0.383 e. The number of ketones is 1. The highest BCUT2D eigenvalue weighted by Gasteiger charge is 2.34. The molecule has 2 rings (SSSR count). The molecule has 18 heavy (non-hydrogen) atoms. The predicted molar refractivity (Wildman–Crippen MR) is 69.4 cm³/mol. The summed E-state index contributed by atoms with van der Waals surface area (Å²) in [5.74, 6) is 0.151. The highest BCUT2D eigenvalue weighted by molar-refractivity contribution is 6.02. The van der Waals surface area contributed by atoms with E-state index in [1.165, 1.54) is 0 Å². The number of nitrogens with two attached hydrogens (primary N) is 1. The second-order valence-electron chi connectivity index (χ2n) is 4.51. The number of hydrogen-bond acceptors (Lipinski definition) is 5. The molecule has 0 aliphatic carbocycles. The van der Waals surface area contributed by atoms with Gasteiger partial charge in [0.15, 0.2) is 5.78 Å². The number of hydrogen-bond donors (Lipinski definition) is 2. The second kappa shape index (κ2) is 5.93. The third-order valence-electron chi connectivity index (χ3n) is 3.18. The Labute approximate surface area is 107 Å². The third kappa shape index (κ3) is 2.68. The lowest BCUT2D eigenvalue weighted by Gasteiger charge is -2.18. The van der Waals surface area contributed by atoms with Gasteiger partial charge in [-0.3, -0.25) is 4.79 Å². The van der Waals surface area contributed by atoms with Crippen LogP contribution in [0.4, 0.5) is 5.82 Å². The molecule has 1 aliphatic heterocycles. The highest BCUT2D eigenvalue weighted by atomic mass is 16.5. The molecular weight excluding hydrogens is 230 g/mol. The van der Waals surface area contributed by atoms with Crippen molar-refractivity contribution in [3.63, 3.8) is 0 Å². The van der Waals surface area contributed by atoms with Gasteiger partial charge in [0.25, 0.3) is 0 Å². The first-order chi connectivity index (χ1) is 8.74. The maximum Gasteiger partial charge on any atom is 0.173 e. The molecule has 0 saturated carbocycles. The van der Waals surface area contributed by atoms with Crippen molar-refractivity contribution in [2.24, 2.45) is 5.92 Å². The fourth-order valence-electron chi connectivity index (χ4n) is 2.17. The number of carbonyl (C=O) groups excluding carboxylic acids is 1. The lowest BCUT2D eigenvalue weighted by molar-refractivity contribution is 0.0892. The zero-order chi connectivity index (χ0) is 13.0. The number of nitrogen functional groups attached to an aromatic ring is 1. The van der Waals surface area contributed by atoms with Gasteiger partial charge in [0, 0.05) is 12.2 Å². The number of ether oxygens (including phenoxy) is 1. The molecule has 0 bridgehead atoms. The van der Waals surface area contributed by atoms with Crippen LogP contribution in [0.1, 0.15) is 23.7 Å². The summed E-state index contributed by atoms with van der Waals surface area (Å²) in [7, 11) is 0. The van der Waals surface area contributed by atoms with Crippen molar-refractivity contribution in [2.75, 3.05) is 25.5 Å². The molecule has 1 aliphatic rings. The van der Waals surface area contributed by atoms with Gasteiger partial charge >= 0.3 is 0 Å². The maximum absolute atomic E-state index is 12.4. The van der Waals surface area contributed by atoms with E-state index in [4.69, 9.17) is 10.5 Å². The van der Waals surface area contributed by atoms with Crippen molar-refractivity contribution in [1.82, 2.24) is 10.3 Å². The van der Waals surface area contributed by atoms with Crippen LogP contribution in [0.15, 0.2) is 18.3 Å². The lowest BCUT2D eigenvalue weighted by Crippen LogP contribution is -2.39. The van der Waals surface area contributed by atoms with Crippen LogP contribution in [0.3, 0.4) is 0 Å². The molecule has 0 amide bonds. The molecule has 0 spiro atoms. The lowest BCUT2D eigenvalue weighted by atomic mass is 9.93. The van der Waals surface area contributed by atoms with Gasteiger partial charge < -0.3 is 15.8 Å². The van der Waals surface area contributed by atoms with Crippen molar-refractivity contribution in [3.8, 4) is 0 Å². The average molecular weight is 249 g/mol. The van der Waals surface area contributed by atoms with E-state index in [0.717, 1.165) is 13.0 Å². The van der Waals surface area contributed by atoms with Crippen molar-refractivity contribution in [3.05, 3.63) is 23.9 Å². The molecule has 0 radical (unpaired) electrons. The Bertz CT molecular complexity index is 422. The first kappa shape index (κ1) is 13.0. The van der Waals surface area contributed by atoms with Gasteiger partial charge in [-0.1, -0.05) is 6.92 Å². The average Bonchev–Trinajstić information content (AvgIpc) is 2.84. The van der Waals surface area contributed by atoms with Gasteiger partial charge in [-0.25, -0.2) is 4.98 Å². The minimum atomic E-state index is -0.164. The third-order valence-corrected chi connectivity index (χ3v) is 3.18. The Hall–Kier alpha value is -1.46. The number of rotatable bonds is 5. The van der Waals surface area contributed by atoms with E-state index in [9.17, 15) is 4.79 Å². The van der Waals surface area contributed by atoms with E-state index in [0.29, 0.717) is 24.6 Å². The number of nitrogens with zero attached hydrogens (tertiary/aromatic N) is 1. The van der Waals surface area contributed by atoms with Crippen molar-refractivity contribution in [2.45, 2.75) is 19.4 Å². The normalized spacial score (nSPS) is 23.2. The zero-order valence-electron chi connectivity index (χ0n) is 10.6. The number of Topliss-reactive ketones (excluding diaryl/α,β-unsaturated/α-hetero) is 1. The smallest absolute Gasteiger partial charge is 0.173 e. The van der Waals surface area contributed by atoms with Gasteiger partial charge in [0.05, 0.1) is 24.7 Å². The minimum absolute atomic E-state index is 0.0201. The Morgan fingerprint density at radius 2 is 2.44 bits per heavy atom. The molecule has 1 aromatic heterocycles. The van der Waals surface area contributed by atoms with E-state index < -0.39 is 0 Å². The first-order valence-electron chi connectivity index (χ1n) is 6.30. The van der Waals surface area contributed by atoms with Crippen molar-refractivity contribution in [1.29, 1.82) is 0 Å². The molecule has 98 valence electrons. The number of pyridine rings is 1. The second-order valence-corrected chi connectivity index (χ2v) is 4.51. The SMILES string of the molecule is CCCNC1COCC1C(=O)c1cccnc1N. The largest absolute Gasteiger partial charge is 0.383 e. The Kier molecular flexibility index (Phi) is 4.28. The van der Waals surface area contributed by atoms with Crippen LogP contribution in [-0.2, 0) is 4.74 Å². The summed E-state index contributed by atoms with van der Waals surface area (Å²) in [5.41, 5.74) is 6.24. The molecule has 0 aromatic carbocycles. The summed E-state index contributed by atoms with van der Waals surface area (Å²) < 4.78 is 5.40. The van der Waals surface area contributed by atoms with Crippen LogP contribution in [0.25, 0.3) is 0 Å². The van der Waals surface area contributed by atoms with E-state index >= 15 is 0 Å². The summed E-state index contributed by atoms with van der Waals surface area (Å²) in [6.45, 7) is 4.02. The number of aromatic nitrogens is 1. The van der Waals surface area contributed by atoms with E-state index in [2.05, 4.69) is 17.2 Å². The van der Waals surface area contributed by atoms with Gasteiger partial charge in [-0.2, -0.15) is 0 Å². The molecule has 1 fully saturated rings. The number of carbonyl (C=O) groups is 1. The molecule has 3 N–H and O–H groups in total. The summed E-state index contributed by atoms with van der Waals surface area (Å²) in [5, 5.41) is 3.34. The summed E-state index contributed by atoms with van der Waals surface area (Å²) in [4.78, 5) is 16.4. The van der Waals surface area contributed by atoms with Gasteiger partial charge in [-0.15, -0.1) is 0 Å². The molecule has 1 saturated heterocycles. The molecule has 2 unspecified atom stereocenters. The van der Waals surface area contributed by atoms with Crippen molar-refractivity contribution < 1.29 is 9.53 Å². The first-order valence-corrected chi connectivity index (χ1v) is 6.30. The quantitative estimate of drug-likeness (QED) is 0.757. The van der Waals surface area contributed by atoms with Crippen LogP contribution in [0.2, 0.25) is 0 Å². The van der Waals surface area contributed by atoms with Crippen LogP contribution >= 0.6 is 0 Å². The predicted octanol–water partition coefficient (Wildman–Crippen LogP) is 0.861. The monoisotopic (exact) mass is 249 g/mol. The molecule has 1 aromatic rings. The Morgan fingerprint density at radius 3 is 3.17 bits per heavy atom. The standard InChI is InChI=1S/C13H19N3O2/c1-2-5-15-11-8-18-7-10(11)12(17)9-4-3-6-16-13(9)14/h3-4,6,10-11,15H,2,5,7-8H2,1H3,(H2,14,16). The fraction of sp³-hybridized carbons (Fsp3) is 0.538. The molecule has 5 nitrogen and oxygen atoms in total. The number of nitrogens with one attached hydrogen (secondary N) is 1. The van der Waals surface area contributed by atoms with E-state index in [1.54, 1.807) is 18.3 Å².